The van der Waals surface area contributed by atoms with Crippen molar-refractivity contribution in [3.05, 3.63) is 64.7 Å². The fraction of sp³-hybridized carbons (Fsp3) is 0.429. The Morgan fingerprint density at radius 2 is 1.75 bits per heavy atom. The molecule has 3 rings (SSSR count). The summed E-state index contributed by atoms with van der Waals surface area (Å²) in [5.41, 5.74) is 5.25. The van der Waals surface area contributed by atoms with E-state index in [1.165, 1.54) is 28.7 Å². The first-order valence-electron chi connectivity index (χ1n) is 8.85. The largest absolute Gasteiger partial charge is 0.496 e. The van der Waals surface area contributed by atoms with Crippen LogP contribution in [-0.2, 0) is 0 Å². The van der Waals surface area contributed by atoms with Crippen molar-refractivity contribution < 1.29 is 4.74 Å². The maximum Gasteiger partial charge on any atom is 0.123 e. The van der Waals surface area contributed by atoms with Crippen molar-refractivity contribution in [1.82, 2.24) is 10.2 Å². The molecule has 1 heterocycles. The highest BCUT2D eigenvalue weighted by Gasteiger charge is 2.26. The van der Waals surface area contributed by atoms with Crippen LogP contribution in [-0.4, -0.2) is 38.2 Å². The molecule has 128 valence electrons. The quantitative estimate of drug-likeness (QED) is 0.928. The summed E-state index contributed by atoms with van der Waals surface area (Å²) < 4.78 is 5.69. The molecule has 2 aromatic carbocycles. The molecule has 1 fully saturated rings. The molecule has 1 atom stereocenters. The molecule has 1 saturated heterocycles. The Bertz CT molecular complexity index is 655. The van der Waals surface area contributed by atoms with Crippen LogP contribution in [0.2, 0.25) is 0 Å². The van der Waals surface area contributed by atoms with Gasteiger partial charge in [-0.1, -0.05) is 47.5 Å². The molecule has 0 saturated carbocycles. The number of hydrogen-bond acceptors (Lipinski definition) is 3. The van der Waals surface area contributed by atoms with E-state index in [2.05, 4.69) is 60.5 Å². The van der Waals surface area contributed by atoms with Crippen LogP contribution in [0.1, 0.15) is 34.7 Å². The first kappa shape index (κ1) is 17.0. The second-order valence-corrected chi connectivity index (χ2v) is 6.71. The number of nitrogens with one attached hydrogen (secondary N) is 1. The molecule has 0 bridgehead atoms. The van der Waals surface area contributed by atoms with E-state index in [9.17, 15) is 0 Å². The molecule has 0 amide bonds. The monoisotopic (exact) mass is 324 g/mol. The summed E-state index contributed by atoms with van der Waals surface area (Å²) >= 11 is 0. The number of benzene rings is 2. The highest BCUT2D eigenvalue weighted by Crippen LogP contribution is 2.35. The molecule has 0 aromatic heterocycles. The number of ether oxygens (including phenoxy) is 1. The van der Waals surface area contributed by atoms with Crippen molar-refractivity contribution in [3.63, 3.8) is 0 Å². The SMILES string of the molecule is COc1ccccc1C(c1cc(C)cc(C)c1)N1CCCNCC1. The highest BCUT2D eigenvalue weighted by molar-refractivity contribution is 5.43. The van der Waals surface area contributed by atoms with E-state index in [0.717, 1.165) is 31.9 Å². The molecule has 24 heavy (non-hydrogen) atoms. The van der Waals surface area contributed by atoms with E-state index >= 15 is 0 Å². The minimum absolute atomic E-state index is 0.236. The fourth-order valence-electron chi connectivity index (χ4n) is 3.77. The molecule has 3 heteroatoms. The molecular formula is C21H28N2O. The number of para-hydroxylation sites is 1. The van der Waals surface area contributed by atoms with Crippen molar-refractivity contribution in [2.75, 3.05) is 33.3 Å². The molecule has 1 aliphatic heterocycles. The zero-order chi connectivity index (χ0) is 16.9. The third kappa shape index (κ3) is 3.80. The average Bonchev–Trinajstić information content (AvgIpc) is 2.84. The van der Waals surface area contributed by atoms with Crippen molar-refractivity contribution in [2.24, 2.45) is 0 Å². The first-order valence-corrected chi connectivity index (χ1v) is 8.85. The lowest BCUT2D eigenvalue weighted by Crippen LogP contribution is -2.33. The maximum atomic E-state index is 5.69. The predicted octanol–water partition coefficient (Wildman–Crippen LogP) is 3.70. The van der Waals surface area contributed by atoms with Gasteiger partial charge in [0.15, 0.2) is 0 Å². The van der Waals surface area contributed by atoms with E-state index in [-0.39, 0.29) is 6.04 Å². The normalized spacial score (nSPS) is 17.3. The second kappa shape index (κ2) is 7.82. The van der Waals surface area contributed by atoms with Gasteiger partial charge in [0.05, 0.1) is 13.2 Å². The van der Waals surface area contributed by atoms with E-state index in [4.69, 9.17) is 4.74 Å². The summed E-state index contributed by atoms with van der Waals surface area (Å²) in [6, 6.07) is 15.6. The summed E-state index contributed by atoms with van der Waals surface area (Å²) in [5, 5.41) is 3.51. The topological polar surface area (TPSA) is 24.5 Å². The average molecular weight is 324 g/mol. The molecule has 0 radical (unpaired) electrons. The summed E-state index contributed by atoms with van der Waals surface area (Å²) in [4.78, 5) is 2.59. The van der Waals surface area contributed by atoms with Gasteiger partial charge in [-0.05, 0) is 38.4 Å². The Hall–Kier alpha value is -1.84. The molecule has 0 spiro atoms. The Morgan fingerprint density at radius 3 is 2.50 bits per heavy atom. The molecule has 0 aliphatic carbocycles. The summed E-state index contributed by atoms with van der Waals surface area (Å²) in [6.45, 7) is 8.65. The van der Waals surface area contributed by atoms with Crippen LogP contribution in [0, 0.1) is 13.8 Å². The van der Waals surface area contributed by atoms with E-state index in [0.29, 0.717) is 0 Å². The van der Waals surface area contributed by atoms with Crippen LogP contribution in [0.25, 0.3) is 0 Å². The van der Waals surface area contributed by atoms with Gasteiger partial charge >= 0.3 is 0 Å². The van der Waals surface area contributed by atoms with Crippen LogP contribution in [0.15, 0.2) is 42.5 Å². The lowest BCUT2D eigenvalue weighted by atomic mass is 9.93. The number of hydrogen-bond donors (Lipinski definition) is 1. The fourth-order valence-corrected chi connectivity index (χ4v) is 3.77. The Morgan fingerprint density at radius 1 is 1.00 bits per heavy atom. The molecule has 1 aliphatic rings. The standard InChI is InChI=1S/C21H28N2O/c1-16-13-17(2)15-18(14-16)21(23-11-6-9-22-10-12-23)19-7-4-5-8-20(19)24-3/h4-5,7-8,13-15,21-22H,6,9-12H2,1-3H3. The number of aryl methyl sites for hydroxylation is 2. The molecule has 1 N–H and O–H groups in total. The van der Waals surface area contributed by atoms with Gasteiger partial charge in [-0.15, -0.1) is 0 Å². The van der Waals surface area contributed by atoms with Crippen molar-refractivity contribution in [3.8, 4) is 5.75 Å². The molecule has 2 aromatic rings. The lowest BCUT2D eigenvalue weighted by Gasteiger charge is -2.32. The van der Waals surface area contributed by atoms with Crippen LogP contribution in [0.3, 0.4) is 0 Å². The van der Waals surface area contributed by atoms with Gasteiger partial charge in [0.1, 0.15) is 5.75 Å². The van der Waals surface area contributed by atoms with Crippen LogP contribution in [0.4, 0.5) is 0 Å². The second-order valence-electron chi connectivity index (χ2n) is 6.71. The predicted molar refractivity (Wildman–Crippen MR) is 99.8 cm³/mol. The third-order valence-electron chi connectivity index (χ3n) is 4.73. The summed E-state index contributed by atoms with van der Waals surface area (Å²) in [5.74, 6) is 0.971. The van der Waals surface area contributed by atoms with Gasteiger partial charge in [0.25, 0.3) is 0 Å². The molecule has 1 unspecified atom stereocenters. The maximum absolute atomic E-state index is 5.69. The smallest absolute Gasteiger partial charge is 0.123 e. The lowest BCUT2D eigenvalue weighted by molar-refractivity contribution is 0.236. The summed E-state index contributed by atoms with van der Waals surface area (Å²) in [6.07, 6.45) is 1.18. The van der Waals surface area contributed by atoms with E-state index < -0.39 is 0 Å². The third-order valence-corrected chi connectivity index (χ3v) is 4.73. The first-order chi connectivity index (χ1) is 11.7. The molecule has 3 nitrogen and oxygen atoms in total. The van der Waals surface area contributed by atoms with Gasteiger partial charge in [-0.2, -0.15) is 0 Å². The highest BCUT2D eigenvalue weighted by atomic mass is 16.5. The van der Waals surface area contributed by atoms with Crippen molar-refractivity contribution in [2.45, 2.75) is 26.3 Å². The van der Waals surface area contributed by atoms with Crippen LogP contribution >= 0.6 is 0 Å². The minimum Gasteiger partial charge on any atom is -0.496 e. The Kier molecular flexibility index (Phi) is 5.54. The van der Waals surface area contributed by atoms with Crippen molar-refractivity contribution in [1.29, 1.82) is 0 Å². The minimum atomic E-state index is 0.236. The number of rotatable bonds is 4. The van der Waals surface area contributed by atoms with Crippen LogP contribution < -0.4 is 10.1 Å². The van der Waals surface area contributed by atoms with Crippen molar-refractivity contribution >= 4 is 0 Å². The van der Waals surface area contributed by atoms with Gasteiger partial charge in [0.2, 0.25) is 0 Å². The molecular weight excluding hydrogens is 296 g/mol. The van der Waals surface area contributed by atoms with Gasteiger partial charge in [-0.3, -0.25) is 4.90 Å². The van der Waals surface area contributed by atoms with Gasteiger partial charge in [0, 0.05) is 25.2 Å². The number of nitrogens with zero attached hydrogens (tertiary/aromatic N) is 1. The van der Waals surface area contributed by atoms with Gasteiger partial charge in [-0.25, -0.2) is 0 Å². The van der Waals surface area contributed by atoms with Crippen LogP contribution in [0.5, 0.6) is 5.75 Å². The zero-order valence-corrected chi connectivity index (χ0v) is 15.0. The Labute approximate surface area is 145 Å². The summed E-state index contributed by atoms with van der Waals surface area (Å²) in [7, 11) is 1.77. The van der Waals surface area contributed by atoms with Gasteiger partial charge < -0.3 is 10.1 Å². The van der Waals surface area contributed by atoms with E-state index in [1.807, 2.05) is 6.07 Å². The zero-order valence-electron chi connectivity index (χ0n) is 15.0. The Balaban J connectivity index is 2.09. The van der Waals surface area contributed by atoms with E-state index in [1.54, 1.807) is 7.11 Å². The number of methoxy groups -OCH3 is 1.